The third-order valence-corrected chi connectivity index (χ3v) is 9.84. The van der Waals surface area contributed by atoms with E-state index in [4.69, 9.17) is 14.2 Å². The van der Waals surface area contributed by atoms with Crippen LogP contribution in [0.4, 0.5) is 0 Å². The molecule has 0 amide bonds. The Bertz CT molecular complexity index is 1630. The molecule has 1 aliphatic heterocycles. The van der Waals surface area contributed by atoms with Crippen LogP contribution in [0.3, 0.4) is 0 Å². The van der Waals surface area contributed by atoms with Crippen LogP contribution in [0.2, 0.25) is 0 Å². The van der Waals surface area contributed by atoms with Crippen molar-refractivity contribution in [3.63, 3.8) is 0 Å². The molecule has 1 aliphatic rings. The van der Waals surface area contributed by atoms with Gasteiger partial charge in [-0.15, -0.1) is 0 Å². The van der Waals surface area contributed by atoms with Crippen molar-refractivity contribution >= 4 is 21.0 Å². The first-order valence-electron chi connectivity index (χ1n) is 14.8. The smallest absolute Gasteiger partial charge is 0.332 e. The lowest BCUT2D eigenvalue weighted by atomic mass is 10.2. The van der Waals surface area contributed by atoms with Gasteiger partial charge in [-0.25, -0.2) is 18.2 Å². The van der Waals surface area contributed by atoms with Crippen LogP contribution in [0, 0.1) is 0 Å². The zero-order valence-corrected chi connectivity index (χ0v) is 27.0. The van der Waals surface area contributed by atoms with Crippen molar-refractivity contribution in [2.24, 2.45) is 7.05 Å². The summed E-state index contributed by atoms with van der Waals surface area (Å²) in [7, 11) is 2.25. The lowest BCUT2D eigenvalue weighted by molar-refractivity contribution is 0.0650. The van der Waals surface area contributed by atoms with Crippen LogP contribution in [0.25, 0.3) is 11.2 Å². The fourth-order valence-electron chi connectivity index (χ4n) is 5.57. The molecule has 15 heteroatoms. The van der Waals surface area contributed by atoms with Crippen LogP contribution in [-0.4, -0.2) is 114 Å². The standard InChI is InChI=1S/C29H44N6O8S/c1-6-7-10-35-27-25(28(37)31(2)29(35)38)34(20-30-27)19-21(36)18-33-13-11-32(12-14-33)9-8-15-44(39,40)22-16-23(41-3)26(43-5)24(17-22)42-4/h16-17,20-21,36H,6-15,18-19H2,1-5H3. The fourth-order valence-corrected chi connectivity index (χ4v) is 6.89. The Balaban J connectivity index is 1.29. The number of aliphatic hydroxyl groups is 1. The van der Waals surface area contributed by atoms with Crippen LogP contribution < -0.4 is 25.5 Å². The third-order valence-electron chi connectivity index (χ3n) is 8.06. The summed E-state index contributed by atoms with van der Waals surface area (Å²) in [6, 6.07) is 2.91. The average molecular weight is 637 g/mol. The van der Waals surface area contributed by atoms with Gasteiger partial charge in [0.1, 0.15) is 0 Å². The first-order valence-corrected chi connectivity index (χ1v) is 16.5. The lowest BCUT2D eigenvalue weighted by Gasteiger charge is -2.35. The molecule has 1 saturated heterocycles. The summed E-state index contributed by atoms with van der Waals surface area (Å²) in [5.41, 5.74) is -0.157. The molecule has 1 atom stereocenters. The second kappa shape index (κ2) is 14.6. The number of unbranched alkanes of at least 4 members (excludes halogenated alkanes) is 1. The van der Waals surface area contributed by atoms with Gasteiger partial charge in [0.25, 0.3) is 5.56 Å². The minimum absolute atomic E-state index is 0.0187. The summed E-state index contributed by atoms with van der Waals surface area (Å²) in [6.07, 6.45) is 2.92. The monoisotopic (exact) mass is 636 g/mol. The van der Waals surface area contributed by atoms with Crippen molar-refractivity contribution in [1.82, 2.24) is 28.5 Å². The zero-order chi connectivity index (χ0) is 32.0. The van der Waals surface area contributed by atoms with E-state index in [1.54, 1.807) is 4.57 Å². The van der Waals surface area contributed by atoms with E-state index >= 15 is 0 Å². The topological polar surface area (TPSA) is 150 Å². The van der Waals surface area contributed by atoms with E-state index < -0.39 is 27.2 Å². The van der Waals surface area contributed by atoms with Crippen LogP contribution in [-0.2, 0) is 30.0 Å². The van der Waals surface area contributed by atoms with Gasteiger partial charge in [-0.3, -0.25) is 18.8 Å². The molecule has 4 rings (SSSR count). The third kappa shape index (κ3) is 7.28. The number of benzene rings is 1. The highest BCUT2D eigenvalue weighted by Crippen LogP contribution is 2.39. The number of rotatable bonds is 15. The Kier molecular flexibility index (Phi) is 11.1. The number of imidazole rings is 1. The number of β-amino-alcohol motifs (C(OH)–C–C–N with tert-alkyl or cyclic N) is 1. The molecule has 244 valence electrons. The van der Waals surface area contributed by atoms with Crippen molar-refractivity contribution in [2.45, 2.75) is 50.3 Å². The van der Waals surface area contributed by atoms with Gasteiger partial charge in [-0.1, -0.05) is 13.3 Å². The Hall–Kier alpha value is -3.40. The molecule has 1 aromatic carbocycles. The van der Waals surface area contributed by atoms with Crippen LogP contribution in [0.15, 0.2) is 32.9 Å². The van der Waals surface area contributed by atoms with Crippen molar-refractivity contribution in [3.8, 4) is 17.2 Å². The Labute approximate surface area is 257 Å². The summed E-state index contributed by atoms with van der Waals surface area (Å²) in [5, 5.41) is 10.9. The predicted molar refractivity (Wildman–Crippen MR) is 166 cm³/mol. The minimum Gasteiger partial charge on any atom is -0.493 e. The quantitative estimate of drug-likeness (QED) is 0.249. The maximum absolute atomic E-state index is 13.1. The Morgan fingerprint density at radius 1 is 0.932 bits per heavy atom. The summed E-state index contributed by atoms with van der Waals surface area (Å²) in [6.45, 7) is 6.66. The van der Waals surface area contributed by atoms with E-state index in [1.807, 2.05) is 6.92 Å². The molecule has 0 bridgehead atoms. The highest BCUT2D eigenvalue weighted by molar-refractivity contribution is 7.91. The van der Waals surface area contributed by atoms with Crippen molar-refractivity contribution in [1.29, 1.82) is 0 Å². The van der Waals surface area contributed by atoms with E-state index in [-0.39, 0.29) is 17.2 Å². The van der Waals surface area contributed by atoms with E-state index in [0.717, 1.165) is 43.6 Å². The van der Waals surface area contributed by atoms with Crippen LogP contribution in [0.1, 0.15) is 26.2 Å². The molecule has 2 aromatic heterocycles. The van der Waals surface area contributed by atoms with Crippen molar-refractivity contribution in [3.05, 3.63) is 39.3 Å². The van der Waals surface area contributed by atoms with Gasteiger partial charge in [0.2, 0.25) is 5.75 Å². The number of hydrogen-bond donors (Lipinski definition) is 1. The molecular weight excluding hydrogens is 592 g/mol. The molecule has 3 aromatic rings. The van der Waals surface area contributed by atoms with Crippen LogP contribution in [0.5, 0.6) is 17.2 Å². The average Bonchev–Trinajstić information content (AvgIpc) is 3.42. The molecule has 1 N–H and O–H groups in total. The minimum atomic E-state index is -3.57. The zero-order valence-electron chi connectivity index (χ0n) is 26.2. The van der Waals surface area contributed by atoms with Gasteiger partial charge in [-0.2, -0.15) is 0 Å². The van der Waals surface area contributed by atoms with Gasteiger partial charge >= 0.3 is 5.69 Å². The van der Waals surface area contributed by atoms with Gasteiger partial charge in [0.05, 0.1) is 51.0 Å². The highest BCUT2D eigenvalue weighted by atomic mass is 32.2. The van der Waals surface area contributed by atoms with Crippen molar-refractivity contribution < 1.29 is 27.7 Å². The molecule has 1 fully saturated rings. The molecular formula is C29H44N6O8S. The lowest BCUT2D eigenvalue weighted by Crippen LogP contribution is -2.49. The molecule has 0 aliphatic carbocycles. The number of aromatic nitrogens is 4. The first kappa shape index (κ1) is 33.5. The molecule has 3 heterocycles. The van der Waals surface area contributed by atoms with Gasteiger partial charge in [0, 0.05) is 58.4 Å². The molecule has 1 unspecified atom stereocenters. The summed E-state index contributed by atoms with van der Waals surface area (Å²) in [4.78, 5) is 34.4. The fraction of sp³-hybridized carbons (Fsp3) is 0.621. The second-order valence-corrected chi connectivity index (χ2v) is 13.2. The number of sulfone groups is 1. The molecule has 14 nitrogen and oxygen atoms in total. The predicted octanol–water partition coefficient (Wildman–Crippen LogP) is 0.565. The van der Waals surface area contributed by atoms with E-state index in [1.165, 1.54) is 51.4 Å². The molecule has 0 saturated carbocycles. The normalized spacial score (nSPS) is 15.5. The number of ether oxygens (including phenoxy) is 3. The second-order valence-electron chi connectivity index (χ2n) is 11.1. The maximum atomic E-state index is 13.1. The summed E-state index contributed by atoms with van der Waals surface area (Å²) >= 11 is 0. The van der Waals surface area contributed by atoms with E-state index in [2.05, 4.69) is 14.8 Å². The largest absolute Gasteiger partial charge is 0.493 e. The van der Waals surface area contributed by atoms with E-state index in [9.17, 15) is 23.1 Å². The Morgan fingerprint density at radius 2 is 1.57 bits per heavy atom. The van der Waals surface area contributed by atoms with E-state index in [0.29, 0.717) is 54.5 Å². The molecule has 0 spiro atoms. The van der Waals surface area contributed by atoms with Gasteiger partial charge < -0.3 is 28.8 Å². The number of aliphatic hydroxyl groups excluding tert-OH is 1. The highest BCUT2D eigenvalue weighted by Gasteiger charge is 2.24. The summed E-state index contributed by atoms with van der Waals surface area (Å²) in [5.74, 6) is 0.905. The maximum Gasteiger partial charge on any atom is 0.332 e. The number of piperazine rings is 1. The number of fused-ring (bicyclic) bond motifs is 1. The SMILES string of the molecule is CCCCn1c(=O)n(C)c(=O)c2c1ncn2CC(O)CN1CCN(CCCS(=O)(=O)c2cc(OC)c(OC)c(OC)c2)CC1. The van der Waals surface area contributed by atoms with Crippen molar-refractivity contribution in [2.75, 3.05) is 66.4 Å². The number of aryl methyl sites for hydroxylation is 1. The molecule has 0 radical (unpaired) electrons. The number of nitrogens with zero attached hydrogens (tertiary/aromatic N) is 6. The summed E-state index contributed by atoms with van der Waals surface area (Å²) < 4.78 is 46.3. The van der Waals surface area contributed by atoms with Gasteiger partial charge in [0.15, 0.2) is 32.5 Å². The number of methoxy groups -OCH3 is 3. The first-order chi connectivity index (χ1) is 21.0. The van der Waals surface area contributed by atoms with Crippen LogP contribution >= 0.6 is 0 Å². The number of hydrogen-bond acceptors (Lipinski definition) is 11. The molecule has 44 heavy (non-hydrogen) atoms. The van der Waals surface area contributed by atoms with Gasteiger partial charge in [-0.05, 0) is 19.4 Å². The Morgan fingerprint density at radius 3 is 2.16 bits per heavy atom.